The van der Waals surface area contributed by atoms with Gasteiger partial charge in [0.1, 0.15) is 0 Å². The molecule has 0 spiro atoms. The van der Waals surface area contributed by atoms with Crippen molar-refractivity contribution in [3.05, 3.63) is 0 Å². The summed E-state index contributed by atoms with van der Waals surface area (Å²) in [5.74, 6) is 1.17. The largest absolute Gasteiger partial charge is 0.345 e. The van der Waals surface area contributed by atoms with Crippen LogP contribution in [0.5, 0.6) is 0 Å². The molecule has 19 heavy (non-hydrogen) atoms. The topological polar surface area (TPSA) is 49.4 Å². The van der Waals surface area contributed by atoms with Crippen LogP contribution in [0.2, 0.25) is 0 Å². The quantitative estimate of drug-likeness (QED) is 0.833. The van der Waals surface area contributed by atoms with Crippen LogP contribution in [0, 0.1) is 5.92 Å². The molecule has 0 aromatic carbocycles. The summed E-state index contributed by atoms with van der Waals surface area (Å²) >= 11 is 1.95. The average Bonchev–Trinajstić information content (AvgIpc) is 2.23. The minimum Gasteiger partial charge on any atom is -0.345 e. The number of hydrogen-bond donors (Lipinski definition) is 1. The lowest BCUT2D eigenvalue weighted by atomic mass is 10.0. The van der Waals surface area contributed by atoms with Gasteiger partial charge in [0.25, 0.3) is 0 Å². The number of carbonyl (C=O) groups excluding carboxylic acids is 2. The molecule has 5 heteroatoms. The second kappa shape index (κ2) is 6.75. The summed E-state index contributed by atoms with van der Waals surface area (Å²) in [6, 6.07) is -0.361. The summed E-state index contributed by atoms with van der Waals surface area (Å²) in [6.07, 6.45) is 0. The van der Waals surface area contributed by atoms with E-state index in [1.54, 1.807) is 0 Å². The van der Waals surface area contributed by atoms with Crippen molar-refractivity contribution in [1.29, 1.82) is 0 Å². The highest BCUT2D eigenvalue weighted by Crippen LogP contribution is 2.29. The second-order valence-corrected chi connectivity index (χ2v) is 8.02. The zero-order valence-electron chi connectivity index (χ0n) is 12.7. The number of nitrogens with zero attached hydrogens (tertiary/aromatic N) is 1. The van der Waals surface area contributed by atoms with Crippen molar-refractivity contribution in [3.63, 3.8) is 0 Å². The maximum absolute atomic E-state index is 12.0. The fraction of sp³-hybridized carbons (Fsp3) is 0.857. The van der Waals surface area contributed by atoms with Gasteiger partial charge in [0, 0.05) is 23.6 Å². The predicted octanol–water partition coefficient (Wildman–Crippen LogP) is 1.54. The molecule has 0 aliphatic carbocycles. The Morgan fingerprint density at radius 2 is 2.00 bits per heavy atom. The van der Waals surface area contributed by atoms with Gasteiger partial charge in [-0.05, 0) is 26.7 Å². The summed E-state index contributed by atoms with van der Waals surface area (Å²) in [4.78, 5) is 25.7. The van der Waals surface area contributed by atoms with E-state index >= 15 is 0 Å². The van der Waals surface area contributed by atoms with Gasteiger partial charge in [-0.3, -0.25) is 14.5 Å². The van der Waals surface area contributed by atoms with Crippen LogP contribution in [0.25, 0.3) is 0 Å². The highest BCUT2D eigenvalue weighted by Gasteiger charge is 2.29. The van der Waals surface area contributed by atoms with Crippen molar-refractivity contribution in [2.45, 2.75) is 45.4 Å². The SMILES string of the molecule is CC(=O)C(NC(=O)CN1CCSC(C)(C)C1)C(C)C. The van der Waals surface area contributed by atoms with Crippen LogP contribution in [-0.4, -0.2) is 52.8 Å². The van der Waals surface area contributed by atoms with Gasteiger partial charge in [-0.2, -0.15) is 11.8 Å². The maximum atomic E-state index is 12.0. The van der Waals surface area contributed by atoms with E-state index in [-0.39, 0.29) is 28.4 Å². The van der Waals surface area contributed by atoms with Gasteiger partial charge in [0.15, 0.2) is 5.78 Å². The number of rotatable bonds is 5. The lowest BCUT2D eigenvalue weighted by Crippen LogP contribution is -2.51. The summed E-state index contributed by atoms with van der Waals surface area (Å²) in [7, 11) is 0. The molecule has 0 radical (unpaired) electrons. The number of amides is 1. The third-order valence-electron chi connectivity index (χ3n) is 3.29. The molecule has 0 saturated carbocycles. The fourth-order valence-corrected chi connectivity index (χ4v) is 3.59. The Kier molecular flexibility index (Phi) is 5.86. The normalized spacial score (nSPS) is 21.2. The first-order chi connectivity index (χ1) is 8.71. The van der Waals surface area contributed by atoms with Gasteiger partial charge >= 0.3 is 0 Å². The van der Waals surface area contributed by atoms with Gasteiger partial charge in [0.05, 0.1) is 12.6 Å². The van der Waals surface area contributed by atoms with Crippen molar-refractivity contribution in [3.8, 4) is 0 Å². The molecule has 1 atom stereocenters. The molecule has 1 amide bonds. The number of nitrogens with one attached hydrogen (secondary N) is 1. The van der Waals surface area contributed by atoms with Crippen LogP contribution in [0.15, 0.2) is 0 Å². The smallest absolute Gasteiger partial charge is 0.234 e. The van der Waals surface area contributed by atoms with Crippen LogP contribution in [0.4, 0.5) is 0 Å². The van der Waals surface area contributed by atoms with E-state index in [0.29, 0.717) is 6.54 Å². The number of carbonyl (C=O) groups is 2. The fourth-order valence-electron chi connectivity index (χ4n) is 2.41. The van der Waals surface area contributed by atoms with Crippen LogP contribution in [0.1, 0.15) is 34.6 Å². The van der Waals surface area contributed by atoms with Gasteiger partial charge in [0.2, 0.25) is 5.91 Å². The number of thioether (sulfide) groups is 1. The standard InChI is InChI=1S/C14H26N2O2S/c1-10(2)13(11(3)17)15-12(18)8-16-6-7-19-14(4,5)9-16/h10,13H,6-9H2,1-5H3,(H,15,18). The summed E-state index contributed by atoms with van der Waals surface area (Å²) in [5, 5.41) is 2.85. The van der Waals surface area contributed by atoms with E-state index in [4.69, 9.17) is 0 Å². The van der Waals surface area contributed by atoms with Crippen molar-refractivity contribution in [1.82, 2.24) is 10.2 Å². The van der Waals surface area contributed by atoms with Gasteiger partial charge in [-0.25, -0.2) is 0 Å². The molecule has 1 aliphatic heterocycles. The minimum atomic E-state index is -0.361. The molecule has 0 aromatic heterocycles. The van der Waals surface area contributed by atoms with Crippen molar-refractivity contribution < 1.29 is 9.59 Å². The van der Waals surface area contributed by atoms with E-state index < -0.39 is 0 Å². The summed E-state index contributed by atoms with van der Waals surface area (Å²) in [5.41, 5.74) is 0. The molecule has 0 aromatic rings. The molecule has 1 N–H and O–H groups in total. The maximum Gasteiger partial charge on any atom is 0.234 e. The lowest BCUT2D eigenvalue weighted by Gasteiger charge is -2.37. The molecule has 1 fully saturated rings. The zero-order valence-corrected chi connectivity index (χ0v) is 13.5. The first kappa shape index (κ1) is 16.5. The first-order valence-electron chi connectivity index (χ1n) is 6.87. The van der Waals surface area contributed by atoms with E-state index in [9.17, 15) is 9.59 Å². The molecule has 1 aliphatic rings. The van der Waals surface area contributed by atoms with Crippen molar-refractivity contribution in [2.75, 3.05) is 25.4 Å². The monoisotopic (exact) mass is 286 g/mol. The molecular weight excluding hydrogens is 260 g/mol. The number of ketones is 1. The highest BCUT2D eigenvalue weighted by molar-refractivity contribution is 8.00. The molecule has 110 valence electrons. The minimum absolute atomic E-state index is 0.0258. The molecule has 4 nitrogen and oxygen atoms in total. The Hall–Kier alpha value is -0.550. The Morgan fingerprint density at radius 1 is 1.37 bits per heavy atom. The number of Topliss-reactive ketones (excluding diaryl/α,β-unsaturated/α-hetero) is 1. The number of hydrogen-bond acceptors (Lipinski definition) is 4. The van der Waals surface area contributed by atoms with E-state index in [0.717, 1.165) is 18.8 Å². The van der Waals surface area contributed by atoms with Crippen LogP contribution < -0.4 is 5.32 Å². The summed E-state index contributed by atoms with van der Waals surface area (Å²) in [6.45, 7) is 12.1. The van der Waals surface area contributed by atoms with Crippen molar-refractivity contribution >= 4 is 23.5 Å². The van der Waals surface area contributed by atoms with E-state index in [2.05, 4.69) is 24.1 Å². The molecule has 0 bridgehead atoms. The Balaban J connectivity index is 2.48. The van der Waals surface area contributed by atoms with Crippen LogP contribution >= 0.6 is 11.8 Å². The Morgan fingerprint density at radius 3 is 2.47 bits per heavy atom. The third kappa shape index (κ3) is 5.53. The summed E-state index contributed by atoms with van der Waals surface area (Å²) < 4.78 is 0.205. The van der Waals surface area contributed by atoms with Gasteiger partial charge < -0.3 is 5.32 Å². The Bertz CT molecular complexity index is 342. The lowest BCUT2D eigenvalue weighted by molar-refractivity contribution is -0.128. The van der Waals surface area contributed by atoms with Gasteiger partial charge in [-0.1, -0.05) is 13.8 Å². The van der Waals surface area contributed by atoms with Crippen molar-refractivity contribution in [2.24, 2.45) is 5.92 Å². The molecule has 1 heterocycles. The first-order valence-corrected chi connectivity index (χ1v) is 7.86. The molecule has 1 rings (SSSR count). The average molecular weight is 286 g/mol. The predicted molar refractivity (Wildman–Crippen MR) is 80.4 cm³/mol. The zero-order chi connectivity index (χ0) is 14.6. The van der Waals surface area contributed by atoms with Gasteiger partial charge in [-0.15, -0.1) is 0 Å². The highest BCUT2D eigenvalue weighted by atomic mass is 32.2. The van der Waals surface area contributed by atoms with Crippen LogP contribution in [0.3, 0.4) is 0 Å². The van der Waals surface area contributed by atoms with E-state index in [1.807, 2.05) is 25.6 Å². The molecule has 1 unspecified atom stereocenters. The second-order valence-electron chi connectivity index (χ2n) is 6.22. The molecule has 1 saturated heterocycles. The Labute approximate surface area is 120 Å². The third-order valence-corrected chi connectivity index (χ3v) is 4.59. The molecular formula is C14H26N2O2S. The van der Waals surface area contributed by atoms with E-state index in [1.165, 1.54) is 6.92 Å². The van der Waals surface area contributed by atoms with Crippen LogP contribution in [-0.2, 0) is 9.59 Å².